The van der Waals surface area contributed by atoms with Gasteiger partial charge >= 0.3 is 11.9 Å². The zero-order chi connectivity index (χ0) is 9.78. The Balaban J connectivity index is 4.38. The first-order valence-corrected chi connectivity index (χ1v) is 4.87. The van der Waals surface area contributed by atoms with E-state index in [0.29, 0.717) is 23.1 Å². The number of hydrogen-bond donors (Lipinski definition) is 2. The van der Waals surface area contributed by atoms with Gasteiger partial charge in [-0.2, -0.15) is 0 Å². The SMILES string of the molecule is CCCC([SiH3])(CC(=O)O)C(=O)O. The molecule has 0 amide bonds. The van der Waals surface area contributed by atoms with Gasteiger partial charge in [0, 0.05) is 10.2 Å². The molecule has 5 heteroatoms. The Labute approximate surface area is 74.0 Å². The summed E-state index contributed by atoms with van der Waals surface area (Å²) in [5.41, 5.74) is 0. The Morgan fingerprint density at radius 1 is 1.42 bits per heavy atom. The third kappa shape index (κ3) is 3.04. The van der Waals surface area contributed by atoms with Gasteiger partial charge in [-0.15, -0.1) is 0 Å². The molecule has 0 bridgehead atoms. The van der Waals surface area contributed by atoms with Crippen LogP contribution in [-0.4, -0.2) is 32.4 Å². The molecule has 0 saturated heterocycles. The van der Waals surface area contributed by atoms with Crippen LogP contribution in [0.15, 0.2) is 0 Å². The Morgan fingerprint density at radius 2 is 1.92 bits per heavy atom. The van der Waals surface area contributed by atoms with Crippen molar-refractivity contribution in [3.63, 3.8) is 0 Å². The molecule has 1 atom stereocenters. The summed E-state index contributed by atoms with van der Waals surface area (Å²) in [6.07, 6.45) is 0.923. The van der Waals surface area contributed by atoms with E-state index in [2.05, 4.69) is 0 Å². The van der Waals surface area contributed by atoms with E-state index in [0.717, 1.165) is 0 Å². The molecular formula is C7H14O4Si. The Morgan fingerprint density at radius 3 is 2.17 bits per heavy atom. The van der Waals surface area contributed by atoms with Crippen molar-refractivity contribution in [3.05, 3.63) is 0 Å². The van der Waals surface area contributed by atoms with Crippen molar-refractivity contribution >= 4 is 22.2 Å². The topological polar surface area (TPSA) is 74.6 Å². The monoisotopic (exact) mass is 190 g/mol. The summed E-state index contributed by atoms with van der Waals surface area (Å²) in [5.74, 6) is -2.00. The van der Waals surface area contributed by atoms with Crippen LogP contribution in [0.25, 0.3) is 0 Å². The molecule has 1 unspecified atom stereocenters. The second-order valence-corrected chi connectivity index (χ2v) is 5.10. The van der Waals surface area contributed by atoms with Crippen LogP contribution in [0.2, 0.25) is 5.04 Å². The van der Waals surface area contributed by atoms with Gasteiger partial charge in [0.05, 0.1) is 11.5 Å². The van der Waals surface area contributed by atoms with E-state index in [1.807, 2.05) is 6.92 Å². The highest BCUT2D eigenvalue weighted by Crippen LogP contribution is 2.32. The maximum Gasteiger partial charge on any atom is 0.306 e. The Bertz CT molecular complexity index is 192. The lowest BCUT2D eigenvalue weighted by molar-refractivity contribution is -0.147. The zero-order valence-corrected chi connectivity index (χ0v) is 9.33. The zero-order valence-electron chi connectivity index (χ0n) is 7.33. The standard InChI is InChI=1S/C7H14O4Si/c1-2-3-7(12,6(10)11)4-5(8)9/h2-4H2,1,12H3,(H,8,9)(H,10,11). The number of rotatable bonds is 5. The fourth-order valence-corrected chi connectivity index (χ4v) is 1.96. The molecule has 0 aliphatic rings. The van der Waals surface area contributed by atoms with Gasteiger partial charge in [-0.25, -0.2) is 0 Å². The second-order valence-electron chi connectivity index (χ2n) is 3.19. The van der Waals surface area contributed by atoms with E-state index in [1.165, 1.54) is 0 Å². The predicted molar refractivity (Wildman–Crippen MR) is 47.4 cm³/mol. The molecule has 70 valence electrons. The van der Waals surface area contributed by atoms with Crippen LogP contribution in [0.3, 0.4) is 0 Å². The normalized spacial score (nSPS) is 15.4. The van der Waals surface area contributed by atoms with E-state index in [9.17, 15) is 9.59 Å². The second kappa shape index (κ2) is 4.25. The number of carboxylic acids is 2. The molecule has 0 saturated carbocycles. The van der Waals surface area contributed by atoms with Crippen LogP contribution in [-0.2, 0) is 9.59 Å². The maximum absolute atomic E-state index is 10.7. The molecule has 0 rings (SSSR count). The molecule has 0 radical (unpaired) electrons. The average Bonchev–Trinajstić information content (AvgIpc) is 1.85. The van der Waals surface area contributed by atoms with Gasteiger partial charge in [-0.05, 0) is 6.42 Å². The van der Waals surface area contributed by atoms with E-state index in [-0.39, 0.29) is 6.42 Å². The van der Waals surface area contributed by atoms with E-state index in [1.54, 1.807) is 0 Å². The van der Waals surface area contributed by atoms with Crippen LogP contribution in [0.5, 0.6) is 0 Å². The van der Waals surface area contributed by atoms with E-state index in [4.69, 9.17) is 10.2 Å². The third-order valence-electron chi connectivity index (χ3n) is 1.86. The first-order chi connectivity index (χ1) is 5.42. The molecule has 0 aliphatic carbocycles. The van der Waals surface area contributed by atoms with Crippen molar-refractivity contribution in [2.45, 2.75) is 31.2 Å². The minimum absolute atomic E-state index is 0.248. The lowest BCUT2D eigenvalue weighted by Gasteiger charge is -2.21. The molecule has 2 N–H and O–H groups in total. The van der Waals surface area contributed by atoms with E-state index < -0.39 is 17.0 Å². The van der Waals surface area contributed by atoms with E-state index >= 15 is 0 Å². The molecular weight excluding hydrogens is 176 g/mol. The van der Waals surface area contributed by atoms with Crippen LogP contribution in [0, 0.1) is 0 Å². The summed E-state index contributed by atoms with van der Waals surface area (Å²) in [6.45, 7) is 1.86. The minimum Gasteiger partial charge on any atom is -0.481 e. The molecule has 0 aromatic heterocycles. The van der Waals surface area contributed by atoms with Gasteiger partial charge in [0.25, 0.3) is 0 Å². The summed E-state index contributed by atoms with van der Waals surface area (Å²) >= 11 is 0. The molecule has 0 aromatic rings. The van der Waals surface area contributed by atoms with Crippen LogP contribution in [0.1, 0.15) is 26.2 Å². The fourth-order valence-electron chi connectivity index (χ4n) is 1.16. The van der Waals surface area contributed by atoms with Gasteiger partial charge in [-0.1, -0.05) is 13.3 Å². The largest absolute Gasteiger partial charge is 0.481 e. The highest BCUT2D eigenvalue weighted by atomic mass is 28.1. The van der Waals surface area contributed by atoms with Crippen molar-refractivity contribution < 1.29 is 19.8 Å². The van der Waals surface area contributed by atoms with Gasteiger partial charge in [0.2, 0.25) is 0 Å². The van der Waals surface area contributed by atoms with Crippen molar-refractivity contribution in [2.75, 3.05) is 0 Å². The molecule has 0 heterocycles. The summed E-state index contributed by atoms with van der Waals surface area (Å²) < 4.78 is 0. The van der Waals surface area contributed by atoms with Crippen LogP contribution < -0.4 is 0 Å². The lowest BCUT2D eigenvalue weighted by atomic mass is 9.98. The van der Waals surface area contributed by atoms with Gasteiger partial charge in [0.1, 0.15) is 0 Å². The summed E-state index contributed by atoms with van der Waals surface area (Å²) in [7, 11) is 0.380. The summed E-state index contributed by atoms with van der Waals surface area (Å²) in [4.78, 5) is 21.1. The van der Waals surface area contributed by atoms with Crippen molar-refractivity contribution in [3.8, 4) is 0 Å². The van der Waals surface area contributed by atoms with Crippen molar-refractivity contribution in [1.82, 2.24) is 0 Å². The number of aliphatic carboxylic acids is 2. The quantitative estimate of drug-likeness (QED) is 0.592. The van der Waals surface area contributed by atoms with Crippen molar-refractivity contribution in [2.24, 2.45) is 0 Å². The molecule has 0 spiro atoms. The lowest BCUT2D eigenvalue weighted by Crippen LogP contribution is -2.26. The van der Waals surface area contributed by atoms with Crippen LogP contribution in [0.4, 0.5) is 0 Å². The minimum atomic E-state index is -1.03. The summed E-state index contributed by atoms with van der Waals surface area (Å²) in [6, 6.07) is 0. The smallest absolute Gasteiger partial charge is 0.306 e. The number of hydrogen-bond acceptors (Lipinski definition) is 2. The van der Waals surface area contributed by atoms with Gasteiger partial charge < -0.3 is 10.2 Å². The van der Waals surface area contributed by atoms with Gasteiger partial charge in [0.15, 0.2) is 0 Å². The highest BCUT2D eigenvalue weighted by molar-refractivity contribution is 6.27. The number of carbonyl (C=O) groups is 2. The fraction of sp³-hybridized carbons (Fsp3) is 0.714. The highest BCUT2D eigenvalue weighted by Gasteiger charge is 2.34. The van der Waals surface area contributed by atoms with Crippen molar-refractivity contribution in [1.29, 1.82) is 0 Å². The molecule has 0 aromatic carbocycles. The molecule has 0 fully saturated rings. The molecule has 12 heavy (non-hydrogen) atoms. The number of carboxylic acid groups (broad SMARTS) is 2. The third-order valence-corrected chi connectivity index (χ3v) is 3.14. The predicted octanol–water partition coefficient (Wildman–Crippen LogP) is -0.130. The van der Waals surface area contributed by atoms with Gasteiger partial charge in [-0.3, -0.25) is 9.59 Å². The Kier molecular flexibility index (Phi) is 3.95. The Hall–Kier alpha value is -0.843. The van der Waals surface area contributed by atoms with Crippen LogP contribution >= 0.6 is 0 Å². The first-order valence-electron chi connectivity index (χ1n) is 3.87. The maximum atomic E-state index is 10.7. The average molecular weight is 190 g/mol. The molecule has 4 nitrogen and oxygen atoms in total. The summed E-state index contributed by atoms with van der Waals surface area (Å²) in [5, 5.41) is 16.3. The first kappa shape index (κ1) is 11.2. The molecule has 0 aliphatic heterocycles.